The molecule has 0 saturated carbocycles. The van der Waals surface area contributed by atoms with Gasteiger partial charge in [0, 0.05) is 11.1 Å². The van der Waals surface area contributed by atoms with Gasteiger partial charge in [-0.15, -0.1) is 0 Å². The SMILES string of the molecule is Cc1cc(Cl)cc(C)c1Oc1ccc(C=O)o1. The molecule has 2 aromatic rings. The van der Waals surface area contributed by atoms with Crippen LogP contribution in [0.4, 0.5) is 0 Å². The highest BCUT2D eigenvalue weighted by atomic mass is 35.5. The number of ether oxygens (including phenoxy) is 1. The van der Waals surface area contributed by atoms with Crippen LogP contribution in [0.5, 0.6) is 11.7 Å². The molecule has 0 aliphatic rings. The summed E-state index contributed by atoms with van der Waals surface area (Å²) in [6.45, 7) is 3.80. The molecule has 88 valence electrons. The van der Waals surface area contributed by atoms with Crippen molar-refractivity contribution in [3.05, 3.63) is 46.2 Å². The van der Waals surface area contributed by atoms with Gasteiger partial charge in [0.05, 0.1) is 0 Å². The molecule has 0 fully saturated rings. The zero-order valence-corrected chi connectivity index (χ0v) is 10.2. The third kappa shape index (κ3) is 2.50. The first-order chi connectivity index (χ1) is 8.10. The van der Waals surface area contributed by atoms with Gasteiger partial charge in [-0.1, -0.05) is 11.6 Å². The average Bonchev–Trinajstić information content (AvgIpc) is 2.71. The Morgan fingerprint density at radius 2 is 1.88 bits per heavy atom. The molecule has 1 aromatic heterocycles. The van der Waals surface area contributed by atoms with E-state index < -0.39 is 0 Å². The second-order valence-electron chi connectivity index (χ2n) is 3.75. The summed E-state index contributed by atoms with van der Waals surface area (Å²) in [5.41, 5.74) is 1.83. The summed E-state index contributed by atoms with van der Waals surface area (Å²) in [5.74, 6) is 1.23. The number of carbonyl (C=O) groups is 1. The van der Waals surface area contributed by atoms with E-state index in [-0.39, 0.29) is 5.76 Å². The van der Waals surface area contributed by atoms with Crippen LogP contribution in [0.25, 0.3) is 0 Å². The van der Waals surface area contributed by atoms with Crippen LogP contribution < -0.4 is 4.74 Å². The standard InChI is InChI=1S/C13H11ClO3/c1-8-5-10(14)6-9(2)13(8)17-12-4-3-11(7-15)16-12/h3-7H,1-2H3. The summed E-state index contributed by atoms with van der Waals surface area (Å²) in [5, 5.41) is 0.667. The molecular weight excluding hydrogens is 240 g/mol. The predicted octanol–water partition coefficient (Wildman–Crippen LogP) is 4.15. The first-order valence-corrected chi connectivity index (χ1v) is 5.47. The summed E-state index contributed by atoms with van der Waals surface area (Å²) in [7, 11) is 0. The average molecular weight is 251 g/mol. The van der Waals surface area contributed by atoms with Gasteiger partial charge in [0.1, 0.15) is 5.75 Å². The second-order valence-corrected chi connectivity index (χ2v) is 4.18. The molecule has 0 spiro atoms. The van der Waals surface area contributed by atoms with Gasteiger partial charge in [0.2, 0.25) is 0 Å². The first-order valence-electron chi connectivity index (χ1n) is 5.10. The third-order valence-corrected chi connectivity index (χ3v) is 2.56. The van der Waals surface area contributed by atoms with Crippen LogP contribution in [0, 0.1) is 13.8 Å². The lowest BCUT2D eigenvalue weighted by atomic mass is 10.1. The molecule has 0 aliphatic heterocycles. The molecule has 0 radical (unpaired) electrons. The molecule has 2 rings (SSSR count). The quantitative estimate of drug-likeness (QED) is 0.768. The maximum atomic E-state index is 10.5. The highest BCUT2D eigenvalue weighted by Gasteiger charge is 2.09. The molecule has 17 heavy (non-hydrogen) atoms. The summed E-state index contributed by atoms with van der Waals surface area (Å²) < 4.78 is 10.7. The van der Waals surface area contributed by atoms with E-state index in [1.165, 1.54) is 0 Å². The Morgan fingerprint density at radius 1 is 1.24 bits per heavy atom. The van der Waals surface area contributed by atoms with Crippen molar-refractivity contribution in [2.75, 3.05) is 0 Å². The summed E-state index contributed by atoms with van der Waals surface area (Å²) in [6, 6.07) is 6.79. The van der Waals surface area contributed by atoms with E-state index in [9.17, 15) is 4.79 Å². The lowest BCUT2D eigenvalue weighted by molar-refractivity contribution is 0.109. The van der Waals surface area contributed by atoms with E-state index in [1.54, 1.807) is 12.1 Å². The predicted molar refractivity (Wildman–Crippen MR) is 65.1 cm³/mol. The number of halogens is 1. The summed E-state index contributed by atoms with van der Waals surface area (Å²) >= 11 is 5.93. The summed E-state index contributed by atoms with van der Waals surface area (Å²) in [4.78, 5) is 10.5. The molecular formula is C13H11ClO3. The number of benzene rings is 1. The number of hydrogen-bond donors (Lipinski definition) is 0. The van der Waals surface area contributed by atoms with Gasteiger partial charge in [0.25, 0.3) is 5.95 Å². The van der Waals surface area contributed by atoms with E-state index in [0.717, 1.165) is 11.1 Å². The number of aldehydes is 1. The minimum absolute atomic E-state index is 0.240. The van der Waals surface area contributed by atoms with Crippen molar-refractivity contribution < 1.29 is 13.9 Å². The number of hydrogen-bond acceptors (Lipinski definition) is 3. The molecule has 0 bridgehead atoms. The van der Waals surface area contributed by atoms with E-state index in [0.29, 0.717) is 23.0 Å². The van der Waals surface area contributed by atoms with Crippen molar-refractivity contribution in [2.45, 2.75) is 13.8 Å². The van der Waals surface area contributed by atoms with Gasteiger partial charge in [-0.3, -0.25) is 4.79 Å². The second kappa shape index (κ2) is 4.63. The fourth-order valence-electron chi connectivity index (χ4n) is 1.61. The van der Waals surface area contributed by atoms with E-state index >= 15 is 0 Å². The zero-order valence-electron chi connectivity index (χ0n) is 9.49. The van der Waals surface area contributed by atoms with E-state index in [2.05, 4.69) is 0 Å². The maximum Gasteiger partial charge on any atom is 0.290 e. The fourth-order valence-corrected chi connectivity index (χ4v) is 1.94. The van der Waals surface area contributed by atoms with E-state index in [4.69, 9.17) is 20.8 Å². The molecule has 0 saturated heterocycles. The Bertz CT molecular complexity index is 535. The smallest absolute Gasteiger partial charge is 0.290 e. The van der Waals surface area contributed by atoms with Crippen LogP contribution in [0.1, 0.15) is 21.7 Å². The third-order valence-electron chi connectivity index (χ3n) is 2.35. The molecule has 1 heterocycles. The van der Waals surface area contributed by atoms with Crippen LogP contribution in [-0.4, -0.2) is 6.29 Å². The Hall–Kier alpha value is -1.74. The number of aryl methyl sites for hydroxylation is 2. The maximum absolute atomic E-state index is 10.5. The van der Waals surface area contributed by atoms with Crippen LogP contribution in [0.3, 0.4) is 0 Å². The highest BCUT2D eigenvalue weighted by Crippen LogP contribution is 2.31. The molecule has 4 heteroatoms. The monoisotopic (exact) mass is 250 g/mol. The van der Waals surface area contributed by atoms with Crippen LogP contribution in [0.15, 0.2) is 28.7 Å². The first kappa shape index (κ1) is 11.7. The van der Waals surface area contributed by atoms with E-state index in [1.807, 2.05) is 26.0 Å². The highest BCUT2D eigenvalue weighted by molar-refractivity contribution is 6.30. The number of furan rings is 1. The normalized spacial score (nSPS) is 10.3. The Labute approximate surface area is 104 Å². The minimum Gasteiger partial charge on any atom is -0.425 e. The lowest BCUT2D eigenvalue weighted by Gasteiger charge is -2.09. The summed E-state index contributed by atoms with van der Waals surface area (Å²) in [6.07, 6.45) is 0.633. The molecule has 0 atom stereocenters. The largest absolute Gasteiger partial charge is 0.425 e. The molecule has 0 amide bonds. The van der Waals surface area contributed by atoms with Gasteiger partial charge in [-0.2, -0.15) is 0 Å². The number of carbonyl (C=O) groups excluding carboxylic acids is 1. The molecule has 0 aliphatic carbocycles. The van der Waals surface area contributed by atoms with Crippen LogP contribution in [-0.2, 0) is 0 Å². The molecule has 3 nitrogen and oxygen atoms in total. The fraction of sp³-hybridized carbons (Fsp3) is 0.154. The van der Waals surface area contributed by atoms with Gasteiger partial charge < -0.3 is 9.15 Å². The van der Waals surface area contributed by atoms with Crippen molar-refractivity contribution in [1.29, 1.82) is 0 Å². The van der Waals surface area contributed by atoms with Crippen molar-refractivity contribution >= 4 is 17.9 Å². The van der Waals surface area contributed by atoms with Crippen molar-refractivity contribution in [3.8, 4) is 11.7 Å². The molecule has 1 aromatic carbocycles. The van der Waals surface area contributed by atoms with Crippen LogP contribution >= 0.6 is 11.6 Å². The van der Waals surface area contributed by atoms with Gasteiger partial charge >= 0.3 is 0 Å². The molecule has 0 N–H and O–H groups in total. The minimum atomic E-state index is 0.240. The van der Waals surface area contributed by atoms with Crippen molar-refractivity contribution in [1.82, 2.24) is 0 Å². The topological polar surface area (TPSA) is 39.4 Å². The number of rotatable bonds is 3. The zero-order chi connectivity index (χ0) is 12.4. The van der Waals surface area contributed by atoms with Gasteiger partial charge in [-0.25, -0.2) is 0 Å². The van der Waals surface area contributed by atoms with Crippen molar-refractivity contribution in [2.24, 2.45) is 0 Å². The van der Waals surface area contributed by atoms with Crippen molar-refractivity contribution in [3.63, 3.8) is 0 Å². The van der Waals surface area contributed by atoms with Gasteiger partial charge in [-0.05, 0) is 43.2 Å². The Morgan fingerprint density at radius 3 is 2.41 bits per heavy atom. The lowest BCUT2D eigenvalue weighted by Crippen LogP contribution is -1.90. The molecule has 0 unspecified atom stereocenters. The Kier molecular flexibility index (Phi) is 3.20. The Balaban J connectivity index is 2.32. The van der Waals surface area contributed by atoms with Crippen LogP contribution in [0.2, 0.25) is 5.02 Å². The van der Waals surface area contributed by atoms with Gasteiger partial charge in [0.15, 0.2) is 12.0 Å².